The molecule has 1 atom stereocenters. The standard InChI is InChI=1S/C14H22N4O2/c19-14(12-11-15-9-10-20-12)18-8-4-3-7-17-13-5-1-2-6-16-13/h1-2,5-6,12,15H,3-4,7-11H2,(H,16,17)(H,18,19). The van der Waals surface area contributed by atoms with Gasteiger partial charge in [0.1, 0.15) is 11.9 Å². The van der Waals surface area contributed by atoms with Crippen molar-refractivity contribution in [2.24, 2.45) is 0 Å². The van der Waals surface area contributed by atoms with Crippen LogP contribution in [-0.2, 0) is 9.53 Å². The number of rotatable bonds is 7. The summed E-state index contributed by atoms with van der Waals surface area (Å²) in [6.45, 7) is 3.57. The van der Waals surface area contributed by atoms with Crippen LogP contribution in [0, 0.1) is 0 Å². The Morgan fingerprint density at radius 3 is 3.05 bits per heavy atom. The predicted octanol–water partition coefficient (Wildman–Crippen LogP) is 0.378. The molecule has 1 aromatic heterocycles. The molecule has 6 nitrogen and oxygen atoms in total. The second-order valence-corrected chi connectivity index (χ2v) is 4.70. The molecule has 1 saturated heterocycles. The van der Waals surface area contributed by atoms with E-state index in [1.54, 1.807) is 6.20 Å². The number of anilines is 1. The summed E-state index contributed by atoms with van der Waals surface area (Å²) in [5.74, 6) is 0.869. The summed E-state index contributed by atoms with van der Waals surface area (Å²) < 4.78 is 5.38. The summed E-state index contributed by atoms with van der Waals surface area (Å²) in [4.78, 5) is 15.9. The van der Waals surface area contributed by atoms with E-state index in [-0.39, 0.29) is 12.0 Å². The highest BCUT2D eigenvalue weighted by atomic mass is 16.5. The van der Waals surface area contributed by atoms with E-state index in [1.807, 2.05) is 18.2 Å². The number of nitrogens with one attached hydrogen (secondary N) is 3. The van der Waals surface area contributed by atoms with Gasteiger partial charge in [-0.2, -0.15) is 0 Å². The number of morpholine rings is 1. The van der Waals surface area contributed by atoms with Crippen molar-refractivity contribution in [3.8, 4) is 0 Å². The van der Waals surface area contributed by atoms with Crippen LogP contribution in [0.5, 0.6) is 0 Å². The lowest BCUT2D eigenvalue weighted by molar-refractivity contribution is -0.134. The van der Waals surface area contributed by atoms with Crippen molar-refractivity contribution in [1.29, 1.82) is 0 Å². The van der Waals surface area contributed by atoms with E-state index in [1.165, 1.54) is 0 Å². The maximum atomic E-state index is 11.8. The van der Waals surface area contributed by atoms with Crippen LogP contribution in [0.4, 0.5) is 5.82 Å². The molecule has 0 saturated carbocycles. The first kappa shape index (κ1) is 14.7. The second kappa shape index (κ2) is 8.50. The molecule has 20 heavy (non-hydrogen) atoms. The Kier molecular flexibility index (Phi) is 6.26. The van der Waals surface area contributed by atoms with Crippen molar-refractivity contribution in [3.05, 3.63) is 24.4 Å². The SMILES string of the molecule is O=C(NCCCCNc1ccccn1)C1CNCCO1. The third-order valence-corrected chi connectivity index (χ3v) is 3.09. The van der Waals surface area contributed by atoms with Gasteiger partial charge in [0.25, 0.3) is 0 Å². The third-order valence-electron chi connectivity index (χ3n) is 3.09. The zero-order chi connectivity index (χ0) is 14.0. The van der Waals surface area contributed by atoms with E-state index in [0.29, 0.717) is 19.7 Å². The fourth-order valence-electron chi connectivity index (χ4n) is 1.99. The average molecular weight is 278 g/mol. The van der Waals surface area contributed by atoms with Crippen LogP contribution in [0.3, 0.4) is 0 Å². The molecule has 0 aromatic carbocycles. The molecule has 1 fully saturated rings. The molecule has 3 N–H and O–H groups in total. The Morgan fingerprint density at radius 2 is 2.30 bits per heavy atom. The van der Waals surface area contributed by atoms with Crippen molar-refractivity contribution in [1.82, 2.24) is 15.6 Å². The lowest BCUT2D eigenvalue weighted by Crippen LogP contribution is -2.48. The van der Waals surface area contributed by atoms with Crippen LogP contribution in [0.25, 0.3) is 0 Å². The largest absolute Gasteiger partial charge is 0.370 e. The van der Waals surface area contributed by atoms with Crippen molar-refractivity contribution < 1.29 is 9.53 Å². The fourth-order valence-corrected chi connectivity index (χ4v) is 1.99. The molecule has 2 rings (SSSR count). The molecule has 0 spiro atoms. The number of pyridine rings is 1. The molecule has 0 bridgehead atoms. The van der Waals surface area contributed by atoms with Crippen molar-refractivity contribution in [3.63, 3.8) is 0 Å². The maximum Gasteiger partial charge on any atom is 0.250 e. The minimum atomic E-state index is -0.338. The van der Waals surface area contributed by atoms with Crippen molar-refractivity contribution in [2.45, 2.75) is 18.9 Å². The summed E-state index contributed by atoms with van der Waals surface area (Å²) in [6.07, 6.45) is 3.35. The second-order valence-electron chi connectivity index (χ2n) is 4.70. The van der Waals surface area contributed by atoms with E-state index in [9.17, 15) is 4.79 Å². The first-order valence-electron chi connectivity index (χ1n) is 7.11. The van der Waals surface area contributed by atoms with Crippen molar-refractivity contribution in [2.75, 3.05) is 38.1 Å². The predicted molar refractivity (Wildman–Crippen MR) is 77.6 cm³/mol. The first-order chi connectivity index (χ1) is 9.86. The number of aromatic nitrogens is 1. The number of ether oxygens (including phenoxy) is 1. The smallest absolute Gasteiger partial charge is 0.250 e. The van der Waals surface area contributed by atoms with Crippen LogP contribution in [0.2, 0.25) is 0 Å². The number of amides is 1. The van der Waals surface area contributed by atoms with Crippen LogP contribution in [-0.4, -0.2) is 49.8 Å². The van der Waals surface area contributed by atoms with E-state index in [4.69, 9.17) is 4.74 Å². The molecule has 2 heterocycles. The van der Waals surface area contributed by atoms with Crippen LogP contribution >= 0.6 is 0 Å². The normalized spacial score (nSPS) is 18.5. The van der Waals surface area contributed by atoms with Crippen LogP contribution in [0.1, 0.15) is 12.8 Å². The molecule has 1 unspecified atom stereocenters. The first-order valence-corrected chi connectivity index (χ1v) is 7.11. The Morgan fingerprint density at radius 1 is 1.40 bits per heavy atom. The lowest BCUT2D eigenvalue weighted by atomic mass is 10.2. The monoisotopic (exact) mass is 278 g/mol. The molecule has 0 aliphatic carbocycles. The number of nitrogens with zero attached hydrogens (tertiary/aromatic N) is 1. The zero-order valence-electron chi connectivity index (χ0n) is 11.6. The van der Waals surface area contributed by atoms with E-state index < -0.39 is 0 Å². The quantitative estimate of drug-likeness (QED) is 0.629. The number of unbranched alkanes of at least 4 members (excludes halogenated alkanes) is 1. The van der Waals surface area contributed by atoms with Gasteiger partial charge in [0, 0.05) is 32.4 Å². The number of hydrogen-bond acceptors (Lipinski definition) is 5. The molecular formula is C14H22N4O2. The van der Waals surface area contributed by atoms with Gasteiger partial charge in [-0.3, -0.25) is 4.79 Å². The Hall–Kier alpha value is -1.66. The fraction of sp³-hybridized carbons (Fsp3) is 0.571. The molecule has 1 aromatic rings. The highest BCUT2D eigenvalue weighted by molar-refractivity contribution is 5.81. The topological polar surface area (TPSA) is 75.3 Å². The van der Waals surface area contributed by atoms with Gasteiger partial charge in [0.15, 0.2) is 0 Å². The van der Waals surface area contributed by atoms with Crippen molar-refractivity contribution >= 4 is 11.7 Å². The average Bonchev–Trinajstić information content (AvgIpc) is 2.52. The summed E-state index contributed by atoms with van der Waals surface area (Å²) in [6, 6.07) is 5.78. The van der Waals surface area contributed by atoms with Gasteiger partial charge >= 0.3 is 0 Å². The molecule has 1 aliphatic rings. The zero-order valence-corrected chi connectivity index (χ0v) is 11.6. The molecule has 1 amide bonds. The maximum absolute atomic E-state index is 11.8. The van der Waals surface area contributed by atoms with Gasteiger partial charge in [-0.15, -0.1) is 0 Å². The Labute approximate surface area is 119 Å². The summed E-state index contributed by atoms with van der Waals surface area (Å²) >= 11 is 0. The van der Waals surface area contributed by atoms with Gasteiger partial charge in [-0.1, -0.05) is 6.07 Å². The molecular weight excluding hydrogens is 256 g/mol. The van der Waals surface area contributed by atoms with E-state index >= 15 is 0 Å². The highest BCUT2D eigenvalue weighted by Crippen LogP contribution is 2.00. The van der Waals surface area contributed by atoms with E-state index in [2.05, 4.69) is 20.9 Å². The van der Waals surface area contributed by atoms with Gasteiger partial charge in [-0.05, 0) is 25.0 Å². The molecule has 1 aliphatic heterocycles. The van der Waals surface area contributed by atoms with Crippen LogP contribution < -0.4 is 16.0 Å². The molecule has 6 heteroatoms. The van der Waals surface area contributed by atoms with Gasteiger partial charge in [-0.25, -0.2) is 4.98 Å². The summed E-state index contributed by atoms with van der Waals surface area (Å²) in [5, 5.41) is 9.28. The minimum Gasteiger partial charge on any atom is -0.370 e. The number of carbonyl (C=O) groups is 1. The van der Waals surface area contributed by atoms with Gasteiger partial charge in [0.05, 0.1) is 6.61 Å². The van der Waals surface area contributed by atoms with Gasteiger partial charge in [0.2, 0.25) is 5.91 Å². The molecule has 110 valence electrons. The number of carbonyl (C=O) groups excluding carboxylic acids is 1. The summed E-state index contributed by atoms with van der Waals surface area (Å²) in [7, 11) is 0. The van der Waals surface area contributed by atoms with Crippen LogP contribution in [0.15, 0.2) is 24.4 Å². The summed E-state index contributed by atoms with van der Waals surface area (Å²) in [5.41, 5.74) is 0. The Balaban J connectivity index is 1.50. The van der Waals surface area contributed by atoms with Gasteiger partial charge < -0.3 is 20.7 Å². The van der Waals surface area contributed by atoms with E-state index in [0.717, 1.165) is 31.7 Å². The highest BCUT2D eigenvalue weighted by Gasteiger charge is 2.20. The number of hydrogen-bond donors (Lipinski definition) is 3. The minimum absolute atomic E-state index is 0.0186. The Bertz CT molecular complexity index is 393. The third kappa shape index (κ3) is 5.14. The molecule has 0 radical (unpaired) electrons. The lowest BCUT2D eigenvalue weighted by Gasteiger charge is -2.22.